The molecule has 1 rings (SSSR count). The Kier molecular flexibility index (Phi) is 6.72. The van der Waals surface area contributed by atoms with Crippen LogP contribution in [0.25, 0.3) is 0 Å². The number of benzene rings is 1. The van der Waals surface area contributed by atoms with Crippen LogP contribution in [0.1, 0.15) is 23.7 Å². The average molecular weight is 358 g/mol. The van der Waals surface area contributed by atoms with Gasteiger partial charge in [0.15, 0.2) is 0 Å². The summed E-state index contributed by atoms with van der Waals surface area (Å²) in [6.45, 7) is 5.80. The van der Waals surface area contributed by atoms with Gasteiger partial charge in [-0.15, -0.1) is 5.73 Å². The second kappa shape index (κ2) is 8.08. The molecule has 0 aromatic heterocycles. The van der Waals surface area contributed by atoms with Crippen LogP contribution in [0.2, 0.25) is 0 Å². The lowest BCUT2D eigenvalue weighted by Crippen LogP contribution is -2.21. The molecule has 4 heteroatoms. The monoisotopic (exact) mass is 358 g/mol. The number of carbonyl (C=O) groups excluding carboxylic acids is 1. The summed E-state index contributed by atoms with van der Waals surface area (Å²) in [5.74, 6) is -0.379. The lowest BCUT2D eigenvalue weighted by Gasteiger charge is -2.16. The quantitative estimate of drug-likeness (QED) is 0.338. The summed E-state index contributed by atoms with van der Waals surface area (Å²) in [4.78, 5) is 12.0. The van der Waals surface area contributed by atoms with Gasteiger partial charge in [-0.25, -0.2) is 4.79 Å². The van der Waals surface area contributed by atoms with E-state index in [0.29, 0.717) is 18.6 Å². The van der Waals surface area contributed by atoms with Gasteiger partial charge in [0.2, 0.25) is 6.29 Å². The van der Waals surface area contributed by atoms with E-state index < -0.39 is 6.29 Å². The first kappa shape index (κ1) is 15.0. The molecule has 0 bridgehead atoms. The number of ether oxygens (including phenoxy) is 2. The Bertz CT molecular complexity index is 450. The molecule has 1 aromatic carbocycles. The first-order valence-electron chi connectivity index (χ1n) is 5.60. The largest absolute Gasteiger partial charge is 0.432 e. The Morgan fingerprint density at radius 3 is 2.89 bits per heavy atom. The van der Waals surface area contributed by atoms with Gasteiger partial charge >= 0.3 is 5.97 Å². The molecule has 0 aliphatic rings. The van der Waals surface area contributed by atoms with E-state index in [1.54, 1.807) is 18.2 Å². The minimum atomic E-state index is -0.590. The van der Waals surface area contributed by atoms with Crippen LogP contribution in [-0.4, -0.2) is 18.9 Å². The van der Waals surface area contributed by atoms with E-state index in [0.717, 1.165) is 3.57 Å². The minimum absolute atomic E-state index is 0.379. The van der Waals surface area contributed by atoms with E-state index in [9.17, 15) is 4.79 Å². The molecule has 0 aliphatic carbocycles. The van der Waals surface area contributed by atoms with Crippen molar-refractivity contribution < 1.29 is 14.3 Å². The Hall–Kier alpha value is -1.10. The van der Waals surface area contributed by atoms with Crippen LogP contribution in [0.15, 0.2) is 42.7 Å². The molecule has 0 saturated carbocycles. The van der Waals surface area contributed by atoms with Crippen LogP contribution in [0.4, 0.5) is 0 Å². The smallest absolute Gasteiger partial charge is 0.341 e. The number of esters is 1. The molecule has 1 unspecified atom stereocenters. The van der Waals surface area contributed by atoms with Gasteiger partial charge in [0.25, 0.3) is 0 Å². The standard InChI is InChI=1S/C14H15IO3/c1-3-5-10-13(17-4-2)18-14(16)11-8-6-7-9-12(11)15/h5-9,13H,1,4,10H2,2H3. The Labute approximate surface area is 121 Å². The summed E-state index contributed by atoms with van der Waals surface area (Å²) in [5.41, 5.74) is 3.18. The molecule has 0 N–H and O–H groups in total. The number of hydrogen-bond acceptors (Lipinski definition) is 3. The maximum Gasteiger partial charge on any atom is 0.341 e. The van der Waals surface area contributed by atoms with Crippen LogP contribution in [0, 0.1) is 3.57 Å². The van der Waals surface area contributed by atoms with Crippen molar-refractivity contribution in [2.45, 2.75) is 19.6 Å². The van der Waals surface area contributed by atoms with E-state index in [-0.39, 0.29) is 5.97 Å². The first-order chi connectivity index (χ1) is 8.69. The SMILES string of the molecule is C=C=CCC(OCC)OC(=O)c1ccccc1I. The topological polar surface area (TPSA) is 35.5 Å². The van der Waals surface area contributed by atoms with E-state index in [2.05, 4.69) is 34.9 Å². The van der Waals surface area contributed by atoms with Gasteiger partial charge in [-0.05, 0) is 47.7 Å². The molecular weight excluding hydrogens is 343 g/mol. The molecule has 0 radical (unpaired) electrons. The lowest BCUT2D eigenvalue weighted by atomic mass is 10.2. The fourth-order valence-corrected chi connectivity index (χ4v) is 1.93. The van der Waals surface area contributed by atoms with Crippen LogP contribution >= 0.6 is 22.6 Å². The predicted molar refractivity (Wildman–Crippen MR) is 78.3 cm³/mol. The third kappa shape index (κ3) is 4.64. The van der Waals surface area contributed by atoms with Gasteiger partial charge in [0, 0.05) is 16.6 Å². The molecule has 0 aliphatic heterocycles. The fraction of sp³-hybridized carbons (Fsp3) is 0.286. The van der Waals surface area contributed by atoms with Crippen molar-refractivity contribution in [3.8, 4) is 0 Å². The first-order valence-corrected chi connectivity index (χ1v) is 6.68. The second-order valence-corrected chi connectivity index (χ2v) is 4.58. The van der Waals surface area contributed by atoms with E-state index >= 15 is 0 Å². The summed E-state index contributed by atoms with van der Waals surface area (Å²) in [6.07, 6.45) is 1.54. The molecular formula is C14H15IO3. The van der Waals surface area contributed by atoms with Crippen molar-refractivity contribution in [1.82, 2.24) is 0 Å². The van der Waals surface area contributed by atoms with Gasteiger partial charge in [-0.1, -0.05) is 18.7 Å². The van der Waals surface area contributed by atoms with Crippen molar-refractivity contribution in [2.75, 3.05) is 6.61 Å². The van der Waals surface area contributed by atoms with Crippen molar-refractivity contribution in [1.29, 1.82) is 0 Å². The molecule has 0 spiro atoms. The Balaban J connectivity index is 2.71. The lowest BCUT2D eigenvalue weighted by molar-refractivity contribution is -0.103. The number of carbonyl (C=O) groups is 1. The highest BCUT2D eigenvalue weighted by molar-refractivity contribution is 14.1. The van der Waals surface area contributed by atoms with Gasteiger partial charge in [0.05, 0.1) is 5.56 Å². The number of halogens is 1. The zero-order valence-corrected chi connectivity index (χ0v) is 12.3. The molecule has 1 atom stereocenters. The minimum Gasteiger partial charge on any atom is -0.432 e. The number of rotatable bonds is 6. The third-order valence-corrected chi connectivity index (χ3v) is 3.08. The highest BCUT2D eigenvalue weighted by Crippen LogP contribution is 2.14. The Morgan fingerprint density at radius 1 is 1.56 bits per heavy atom. The van der Waals surface area contributed by atoms with Crippen LogP contribution in [0.3, 0.4) is 0 Å². The zero-order valence-electron chi connectivity index (χ0n) is 10.2. The van der Waals surface area contributed by atoms with Gasteiger partial charge in [0.1, 0.15) is 0 Å². The van der Waals surface area contributed by atoms with Crippen molar-refractivity contribution in [3.05, 3.63) is 51.8 Å². The maximum absolute atomic E-state index is 12.0. The highest BCUT2D eigenvalue weighted by atomic mass is 127. The second-order valence-electron chi connectivity index (χ2n) is 3.41. The molecule has 1 aromatic rings. The molecule has 3 nitrogen and oxygen atoms in total. The van der Waals surface area contributed by atoms with Crippen LogP contribution < -0.4 is 0 Å². The molecule has 0 saturated heterocycles. The summed E-state index contributed by atoms with van der Waals surface area (Å²) in [7, 11) is 0. The highest BCUT2D eigenvalue weighted by Gasteiger charge is 2.16. The van der Waals surface area contributed by atoms with E-state index in [4.69, 9.17) is 9.47 Å². The summed E-state index contributed by atoms with van der Waals surface area (Å²) in [6, 6.07) is 7.27. The van der Waals surface area contributed by atoms with Gasteiger partial charge in [-0.2, -0.15) is 0 Å². The fourth-order valence-electron chi connectivity index (χ4n) is 1.33. The van der Waals surface area contributed by atoms with E-state index in [1.807, 2.05) is 19.1 Å². The summed E-state index contributed by atoms with van der Waals surface area (Å²) in [5, 5.41) is 0. The molecule has 18 heavy (non-hydrogen) atoms. The molecule has 0 fully saturated rings. The van der Waals surface area contributed by atoms with E-state index in [1.165, 1.54) is 0 Å². The Morgan fingerprint density at radius 2 is 2.28 bits per heavy atom. The normalized spacial score (nSPS) is 11.4. The molecule has 0 heterocycles. The summed E-state index contributed by atoms with van der Waals surface area (Å²) >= 11 is 2.10. The molecule has 96 valence electrons. The zero-order chi connectivity index (χ0) is 13.4. The van der Waals surface area contributed by atoms with Crippen molar-refractivity contribution >= 4 is 28.6 Å². The average Bonchev–Trinajstić information content (AvgIpc) is 2.36. The maximum atomic E-state index is 12.0. The van der Waals surface area contributed by atoms with Crippen LogP contribution in [0.5, 0.6) is 0 Å². The van der Waals surface area contributed by atoms with Crippen LogP contribution in [-0.2, 0) is 9.47 Å². The van der Waals surface area contributed by atoms with Crippen molar-refractivity contribution in [3.63, 3.8) is 0 Å². The van der Waals surface area contributed by atoms with Gasteiger partial charge < -0.3 is 9.47 Å². The van der Waals surface area contributed by atoms with Crippen molar-refractivity contribution in [2.24, 2.45) is 0 Å². The molecule has 0 amide bonds. The number of hydrogen-bond donors (Lipinski definition) is 0. The summed E-state index contributed by atoms with van der Waals surface area (Å²) < 4.78 is 11.5. The predicted octanol–water partition coefficient (Wildman–Crippen LogP) is 3.54. The third-order valence-electron chi connectivity index (χ3n) is 2.14. The van der Waals surface area contributed by atoms with Gasteiger partial charge in [-0.3, -0.25) is 0 Å².